The summed E-state index contributed by atoms with van der Waals surface area (Å²) in [6.45, 7) is 2.72. The first kappa shape index (κ1) is 15.8. The highest BCUT2D eigenvalue weighted by atomic mass is 32.2. The molecule has 0 spiro atoms. The average molecular weight is 311 g/mol. The van der Waals surface area contributed by atoms with Gasteiger partial charge in [-0.2, -0.15) is 0 Å². The van der Waals surface area contributed by atoms with Crippen LogP contribution in [0.3, 0.4) is 0 Å². The summed E-state index contributed by atoms with van der Waals surface area (Å²) in [5, 5.41) is 6.09. The highest BCUT2D eigenvalue weighted by molar-refractivity contribution is 7.92. The van der Waals surface area contributed by atoms with Crippen molar-refractivity contribution < 1.29 is 13.2 Å². The van der Waals surface area contributed by atoms with Crippen LogP contribution in [0, 0.1) is 0 Å². The Morgan fingerprint density at radius 3 is 2.62 bits per heavy atom. The molecule has 0 aliphatic carbocycles. The number of carbonyl (C=O) groups is 1. The molecule has 1 aliphatic rings. The van der Waals surface area contributed by atoms with Crippen molar-refractivity contribution in [2.24, 2.45) is 0 Å². The van der Waals surface area contributed by atoms with Crippen LogP contribution < -0.4 is 15.4 Å². The Morgan fingerprint density at radius 2 is 2.00 bits per heavy atom. The molecule has 7 heteroatoms. The number of nitrogens with one attached hydrogen (secondary N) is 3. The van der Waals surface area contributed by atoms with Crippen molar-refractivity contribution in [3.8, 4) is 0 Å². The Bertz CT molecular complexity index is 622. The number of sulfonamides is 1. The Balaban J connectivity index is 2.09. The second-order valence-electron chi connectivity index (χ2n) is 5.63. The van der Waals surface area contributed by atoms with Gasteiger partial charge in [0.25, 0.3) is 0 Å². The van der Waals surface area contributed by atoms with E-state index in [1.165, 1.54) is 0 Å². The van der Waals surface area contributed by atoms with Crippen LogP contribution in [-0.4, -0.2) is 32.7 Å². The van der Waals surface area contributed by atoms with Crippen molar-refractivity contribution in [2.75, 3.05) is 22.8 Å². The van der Waals surface area contributed by atoms with Crippen molar-refractivity contribution in [1.82, 2.24) is 5.32 Å². The number of anilines is 2. The third-order valence-corrected chi connectivity index (χ3v) is 4.15. The van der Waals surface area contributed by atoms with Gasteiger partial charge in [0.05, 0.1) is 17.5 Å². The van der Waals surface area contributed by atoms with Crippen molar-refractivity contribution >= 4 is 27.3 Å². The molecule has 21 heavy (non-hydrogen) atoms. The van der Waals surface area contributed by atoms with E-state index in [2.05, 4.69) is 15.4 Å². The summed E-state index contributed by atoms with van der Waals surface area (Å²) < 4.78 is 24.8. The highest BCUT2D eigenvalue weighted by Crippen LogP contribution is 2.22. The van der Waals surface area contributed by atoms with Gasteiger partial charge in [-0.25, -0.2) is 8.42 Å². The normalized spacial score (nSPS) is 22.6. The summed E-state index contributed by atoms with van der Waals surface area (Å²) in [6, 6.07) is 6.67. The quantitative estimate of drug-likeness (QED) is 0.787. The number of hydrogen-bond acceptors (Lipinski definition) is 4. The van der Waals surface area contributed by atoms with Crippen molar-refractivity contribution in [3.05, 3.63) is 24.3 Å². The molecule has 116 valence electrons. The van der Waals surface area contributed by atoms with E-state index < -0.39 is 15.6 Å². The topological polar surface area (TPSA) is 87.3 Å². The van der Waals surface area contributed by atoms with Crippen LogP contribution in [0.2, 0.25) is 0 Å². The lowest BCUT2D eigenvalue weighted by molar-refractivity contribution is -0.122. The molecule has 0 aromatic heterocycles. The molecule has 2 rings (SSSR count). The van der Waals surface area contributed by atoms with E-state index in [9.17, 15) is 13.2 Å². The Morgan fingerprint density at radius 1 is 1.29 bits per heavy atom. The third-order valence-electron chi connectivity index (χ3n) is 3.54. The molecular weight excluding hydrogens is 290 g/mol. The minimum absolute atomic E-state index is 0.0984. The molecule has 0 radical (unpaired) electrons. The first-order valence-corrected chi connectivity index (χ1v) is 8.82. The number of hydrogen-bond donors (Lipinski definition) is 3. The Labute approximate surface area is 125 Å². The number of benzene rings is 1. The van der Waals surface area contributed by atoms with Gasteiger partial charge in [-0.3, -0.25) is 9.52 Å². The second-order valence-corrected chi connectivity index (χ2v) is 7.37. The summed E-state index contributed by atoms with van der Waals surface area (Å²) in [4.78, 5) is 12.4. The van der Waals surface area contributed by atoms with Gasteiger partial charge >= 0.3 is 0 Å². The average Bonchev–Trinajstić information content (AvgIpc) is 2.38. The molecule has 1 unspecified atom stereocenters. The lowest BCUT2D eigenvalue weighted by Gasteiger charge is -2.33. The molecule has 1 aromatic rings. The summed E-state index contributed by atoms with van der Waals surface area (Å²) in [7, 11) is -3.33. The standard InChI is InChI=1S/C14H21N3O3S/c1-14(8-3-4-9-15-14)13(18)16-11-6-5-7-12(10-11)17-21(2,19)20/h5-7,10,15,17H,3-4,8-9H2,1-2H3,(H,16,18). The zero-order chi connectivity index (χ0) is 15.5. The maximum Gasteiger partial charge on any atom is 0.244 e. The van der Waals surface area contributed by atoms with Crippen molar-refractivity contribution in [3.63, 3.8) is 0 Å². The van der Waals surface area contributed by atoms with Gasteiger partial charge in [0.15, 0.2) is 0 Å². The molecule has 3 N–H and O–H groups in total. The van der Waals surface area contributed by atoms with E-state index >= 15 is 0 Å². The van der Waals surface area contributed by atoms with Crippen molar-refractivity contribution in [2.45, 2.75) is 31.7 Å². The fraction of sp³-hybridized carbons (Fsp3) is 0.500. The largest absolute Gasteiger partial charge is 0.324 e. The van der Waals surface area contributed by atoms with Gasteiger partial charge < -0.3 is 10.6 Å². The first-order valence-electron chi connectivity index (χ1n) is 6.93. The molecule has 1 fully saturated rings. The predicted octanol–water partition coefficient (Wildman–Crippen LogP) is 1.53. The monoisotopic (exact) mass is 311 g/mol. The molecule has 1 amide bonds. The molecule has 1 aliphatic heterocycles. The smallest absolute Gasteiger partial charge is 0.244 e. The van der Waals surface area contributed by atoms with Crippen molar-refractivity contribution in [1.29, 1.82) is 0 Å². The minimum Gasteiger partial charge on any atom is -0.324 e. The third kappa shape index (κ3) is 4.44. The van der Waals surface area contributed by atoms with Gasteiger partial charge in [0.1, 0.15) is 0 Å². The van der Waals surface area contributed by atoms with E-state index in [1.807, 2.05) is 6.92 Å². The zero-order valence-electron chi connectivity index (χ0n) is 12.3. The summed E-state index contributed by atoms with van der Waals surface area (Å²) >= 11 is 0. The highest BCUT2D eigenvalue weighted by Gasteiger charge is 2.34. The van der Waals surface area contributed by atoms with Crippen LogP contribution in [-0.2, 0) is 14.8 Å². The van der Waals surface area contributed by atoms with Gasteiger partial charge in [-0.1, -0.05) is 6.07 Å². The van der Waals surface area contributed by atoms with Crippen LogP contribution in [0.15, 0.2) is 24.3 Å². The predicted molar refractivity (Wildman–Crippen MR) is 83.8 cm³/mol. The molecule has 6 nitrogen and oxygen atoms in total. The van der Waals surface area contributed by atoms with Gasteiger partial charge in [-0.05, 0) is 50.9 Å². The van der Waals surface area contributed by atoms with E-state index in [0.717, 1.165) is 32.1 Å². The lowest BCUT2D eigenvalue weighted by atomic mass is 9.90. The van der Waals surface area contributed by atoms with Crippen LogP contribution in [0.25, 0.3) is 0 Å². The maximum atomic E-state index is 12.4. The summed E-state index contributed by atoms with van der Waals surface area (Å²) in [6.07, 6.45) is 3.98. The van der Waals surface area contributed by atoms with E-state index in [0.29, 0.717) is 11.4 Å². The molecule has 1 aromatic carbocycles. The zero-order valence-corrected chi connectivity index (χ0v) is 13.1. The minimum atomic E-state index is -3.33. The maximum absolute atomic E-state index is 12.4. The first-order chi connectivity index (χ1) is 9.78. The fourth-order valence-corrected chi connectivity index (χ4v) is 2.95. The Hall–Kier alpha value is -1.60. The van der Waals surface area contributed by atoms with E-state index in [4.69, 9.17) is 0 Å². The molecule has 1 heterocycles. The van der Waals surface area contributed by atoms with Crippen LogP contribution in [0.4, 0.5) is 11.4 Å². The van der Waals surface area contributed by atoms with Gasteiger partial charge in [-0.15, -0.1) is 0 Å². The number of rotatable bonds is 4. The number of amides is 1. The Kier molecular flexibility index (Phi) is 4.53. The molecule has 0 saturated carbocycles. The fourth-order valence-electron chi connectivity index (χ4n) is 2.39. The molecule has 1 atom stereocenters. The molecular formula is C14H21N3O3S. The SMILES string of the molecule is CC1(C(=O)Nc2cccc(NS(C)(=O)=O)c2)CCCCN1. The number of piperidine rings is 1. The molecule has 1 saturated heterocycles. The van der Waals surface area contributed by atoms with Gasteiger partial charge in [0, 0.05) is 5.69 Å². The number of carbonyl (C=O) groups excluding carboxylic acids is 1. The van der Waals surface area contributed by atoms with E-state index in [-0.39, 0.29) is 5.91 Å². The van der Waals surface area contributed by atoms with Crippen LogP contribution in [0.1, 0.15) is 26.2 Å². The summed E-state index contributed by atoms with van der Waals surface area (Å²) in [5.41, 5.74) is 0.428. The van der Waals surface area contributed by atoms with Crippen LogP contribution >= 0.6 is 0 Å². The summed E-state index contributed by atoms with van der Waals surface area (Å²) in [5.74, 6) is -0.0984. The van der Waals surface area contributed by atoms with E-state index in [1.54, 1.807) is 24.3 Å². The molecule has 0 bridgehead atoms. The second kappa shape index (κ2) is 6.03. The lowest BCUT2D eigenvalue weighted by Crippen LogP contribution is -2.54. The van der Waals surface area contributed by atoms with Crippen LogP contribution in [0.5, 0.6) is 0 Å². The van der Waals surface area contributed by atoms with Gasteiger partial charge in [0.2, 0.25) is 15.9 Å².